The summed E-state index contributed by atoms with van der Waals surface area (Å²) < 4.78 is 12.3. The fraction of sp³-hybridized carbons (Fsp3) is 0.586. The first-order valence-corrected chi connectivity index (χ1v) is 12.7. The molecule has 36 heavy (non-hydrogen) atoms. The summed E-state index contributed by atoms with van der Waals surface area (Å²) >= 11 is 0. The lowest BCUT2D eigenvalue weighted by Gasteiger charge is -2.53. The molecule has 194 valence electrons. The fourth-order valence-electron chi connectivity index (χ4n) is 8.00. The molecule has 8 atom stereocenters. The molecule has 1 aromatic carbocycles. The van der Waals surface area contributed by atoms with E-state index >= 15 is 0 Å². The monoisotopic (exact) mass is 496 g/mol. The average Bonchev–Trinajstić information content (AvgIpc) is 3.25. The number of benzene rings is 1. The third-order valence-corrected chi connectivity index (χ3v) is 9.69. The Morgan fingerprint density at radius 3 is 2.42 bits per heavy atom. The number of rotatable bonds is 5. The van der Waals surface area contributed by atoms with Gasteiger partial charge in [-0.1, -0.05) is 63.3 Å². The zero-order chi connectivity index (χ0) is 26.3. The quantitative estimate of drug-likeness (QED) is 0.424. The van der Waals surface area contributed by atoms with E-state index in [-0.39, 0.29) is 31.3 Å². The second-order valence-corrected chi connectivity index (χ2v) is 11.7. The number of esters is 1. The van der Waals surface area contributed by atoms with Crippen LogP contribution in [0, 0.1) is 29.1 Å². The Balaban J connectivity index is 1.60. The molecule has 2 fully saturated rings. The number of fused-ring (bicyclic) bond motifs is 5. The van der Waals surface area contributed by atoms with Crippen LogP contribution in [-0.2, 0) is 25.5 Å². The van der Waals surface area contributed by atoms with Crippen molar-refractivity contribution in [3.63, 3.8) is 0 Å². The predicted molar refractivity (Wildman–Crippen MR) is 132 cm³/mol. The van der Waals surface area contributed by atoms with Gasteiger partial charge in [0.25, 0.3) is 0 Å². The minimum absolute atomic E-state index is 0.0576. The minimum atomic E-state index is -1.85. The standard InChI is InChI=1S/C29H36O7/c1-16-11-21-27(33,24(16)32)14-19(15-30)12-20-23-26(3,4)29(23,25(35-5)17(2)28(20,21)34)36-22(31)13-18-9-7-6-8-10-18/h6-12,17,20-21,23,25,30,33-34H,13-15H2,1-5H3/t17-,20+,21-,23-,25-,27-,28-,29-/m1/s1. The van der Waals surface area contributed by atoms with Crippen LogP contribution in [0.5, 0.6) is 0 Å². The number of aliphatic hydroxyl groups is 3. The second kappa shape index (κ2) is 8.09. The second-order valence-electron chi connectivity index (χ2n) is 11.7. The zero-order valence-electron chi connectivity index (χ0n) is 21.5. The third kappa shape index (κ3) is 3.06. The molecule has 0 aliphatic heterocycles. The highest BCUT2D eigenvalue weighted by Gasteiger charge is 2.87. The smallest absolute Gasteiger partial charge is 0.310 e. The van der Waals surface area contributed by atoms with Crippen molar-refractivity contribution in [2.75, 3.05) is 13.7 Å². The maximum atomic E-state index is 13.2. The molecule has 0 bridgehead atoms. The SMILES string of the molecule is CO[C@@H]1[C@@H](C)[C@@]2(O)[C@@H](C=C(CO)C[C@]3(O)C(=O)C(C)=C[C@@H]23)[C@@H]2C(C)(C)[C@]12OC(=O)Cc1ccccc1. The largest absolute Gasteiger partial charge is 0.455 e. The molecule has 0 amide bonds. The molecule has 0 radical (unpaired) electrons. The van der Waals surface area contributed by atoms with Gasteiger partial charge in [0.15, 0.2) is 5.78 Å². The van der Waals surface area contributed by atoms with Gasteiger partial charge in [0, 0.05) is 42.6 Å². The molecular weight excluding hydrogens is 460 g/mol. The highest BCUT2D eigenvalue weighted by molar-refractivity contribution is 6.04. The topological polar surface area (TPSA) is 113 Å². The zero-order valence-corrected chi connectivity index (χ0v) is 21.5. The summed E-state index contributed by atoms with van der Waals surface area (Å²) in [6, 6.07) is 9.38. The van der Waals surface area contributed by atoms with Crippen molar-refractivity contribution in [1.29, 1.82) is 0 Å². The van der Waals surface area contributed by atoms with E-state index in [1.807, 2.05) is 57.2 Å². The Kier molecular flexibility index (Phi) is 5.69. The number of carbonyl (C=O) groups excluding carboxylic acids is 2. The van der Waals surface area contributed by atoms with E-state index in [2.05, 4.69) is 0 Å². The summed E-state index contributed by atoms with van der Waals surface area (Å²) in [4.78, 5) is 26.3. The number of hydrogen-bond donors (Lipinski definition) is 3. The Labute approximate surface area is 211 Å². The van der Waals surface area contributed by atoms with E-state index < -0.39 is 51.9 Å². The summed E-state index contributed by atoms with van der Waals surface area (Å²) in [6.07, 6.45) is 2.88. The first-order valence-electron chi connectivity index (χ1n) is 12.7. The molecular formula is C29H36O7. The van der Waals surface area contributed by atoms with Crippen molar-refractivity contribution in [2.45, 2.75) is 63.4 Å². The molecule has 7 nitrogen and oxygen atoms in total. The van der Waals surface area contributed by atoms with E-state index in [0.717, 1.165) is 5.56 Å². The molecule has 4 aliphatic rings. The van der Waals surface area contributed by atoms with Crippen LogP contribution in [0.25, 0.3) is 0 Å². The number of methoxy groups -OCH3 is 1. The van der Waals surface area contributed by atoms with Crippen LogP contribution in [0.2, 0.25) is 0 Å². The molecule has 0 heterocycles. The van der Waals surface area contributed by atoms with Crippen LogP contribution in [0.1, 0.15) is 39.7 Å². The average molecular weight is 497 g/mol. The molecule has 0 spiro atoms. The van der Waals surface area contributed by atoms with E-state index in [1.54, 1.807) is 20.1 Å². The lowest BCUT2D eigenvalue weighted by Crippen LogP contribution is -2.66. The lowest BCUT2D eigenvalue weighted by molar-refractivity contribution is -0.224. The maximum absolute atomic E-state index is 13.2. The number of ether oxygens (including phenoxy) is 2. The molecule has 4 aliphatic carbocycles. The van der Waals surface area contributed by atoms with E-state index in [1.165, 1.54) is 0 Å². The van der Waals surface area contributed by atoms with Crippen LogP contribution in [0.15, 0.2) is 53.6 Å². The van der Waals surface area contributed by atoms with E-state index in [0.29, 0.717) is 11.1 Å². The van der Waals surface area contributed by atoms with Gasteiger partial charge in [0.2, 0.25) is 0 Å². The van der Waals surface area contributed by atoms with Crippen molar-refractivity contribution in [1.82, 2.24) is 0 Å². The summed E-state index contributed by atoms with van der Waals surface area (Å²) in [5.41, 5.74) is -3.25. The first kappa shape index (κ1) is 25.3. The molecule has 5 rings (SSSR count). The Bertz CT molecular complexity index is 1150. The molecule has 0 unspecified atom stereocenters. The predicted octanol–water partition coefficient (Wildman–Crippen LogP) is 2.38. The van der Waals surface area contributed by atoms with Crippen LogP contribution < -0.4 is 0 Å². The molecule has 1 aromatic rings. The van der Waals surface area contributed by atoms with Crippen molar-refractivity contribution in [3.05, 3.63) is 59.2 Å². The Morgan fingerprint density at radius 1 is 1.14 bits per heavy atom. The first-order chi connectivity index (χ1) is 16.9. The van der Waals surface area contributed by atoms with Gasteiger partial charge in [-0.3, -0.25) is 9.59 Å². The van der Waals surface area contributed by atoms with Gasteiger partial charge in [-0.2, -0.15) is 0 Å². The van der Waals surface area contributed by atoms with Crippen molar-refractivity contribution >= 4 is 11.8 Å². The van der Waals surface area contributed by atoms with E-state index in [9.17, 15) is 24.9 Å². The fourth-order valence-corrected chi connectivity index (χ4v) is 8.00. The highest BCUT2D eigenvalue weighted by atomic mass is 16.6. The summed E-state index contributed by atoms with van der Waals surface area (Å²) in [5, 5.41) is 34.4. The number of Topliss-reactive ketones (excluding diaryl/α,β-unsaturated/α-hetero) is 1. The summed E-state index contributed by atoms with van der Waals surface area (Å²) in [7, 11) is 1.54. The van der Waals surface area contributed by atoms with Gasteiger partial charge in [-0.15, -0.1) is 0 Å². The van der Waals surface area contributed by atoms with Gasteiger partial charge in [0.1, 0.15) is 17.3 Å². The maximum Gasteiger partial charge on any atom is 0.310 e. The summed E-state index contributed by atoms with van der Waals surface area (Å²) in [5.74, 6) is -3.21. The van der Waals surface area contributed by atoms with Crippen LogP contribution >= 0.6 is 0 Å². The number of aliphatic hydroxyl groups excluding tert-OH is 1. The van der Waals surface area contributed by atoms with Gasteiger partial charge < -0.3 is 24.8 Å². The van der Waals surface area contributed by atoms with Gasteiger partial charge >= 0.3 is 5.97 Å². The minimum Gasteiger partial charge on any atom is -0.455 e. The van der Waals surface area contributed by atoms with Crippen LogP contribution in [0.4, 0.5) is 0 Å². The highest BCUT2D eigenvalue weighted by Crippen LogP contribution is 2.77. The Morgan fingerprint density at radius 2 is 1.81 bits per heavy atom. The molecule has 0 saturated heterocycles. The molecule has 0 aromatic heterocycles. The third-order valence-electron chi connectivity index (χ3n) is 9.69. The molecule has 2 saturated carbocycles. The number of ketones is 1. The van der Waals surface area contributed by atoms with Crippen molar-refractivity contribution < 1.29 is 34.4 Å². The van der Waals surface area contributed by atoms with Crippen LogP contribution in [-0.4, -0.2) is 63.7 Å². The van der Waals surface area contributed by atoms with E-state index in [4.69, 9.17) is 9.47 Å². The number of carbonyl (C=O) groups is 2. The molecule has 3 N–H and O–H groups in total. The van der Waals surface area contributed by atoms with Gasteiger partial charge in [-0.25, -0.2) is 0 Å². The van der Waals surface area contributed by atoms with Gasteiger partial charge in [0.05, 0.1) is 18.6 Å². The van der Waals surface area contributed by atoms with Crippen LogP contribution in [0.3, 0.4) is 0 Å². The lowest BCUT2D eigenvalue weighted by atomic mass is 9.59. The van der Waals surface area contributed by atoms with Crippen molar-refractivity contribution in [2.24, 2.45) is 29.1 Å². The summed E-state index contributed by atoms with van der Waals surface area (Å²) in [6.45, 7) is 7.14. The Hall–Kier alpha value is -2.32. The van der Waals surface area contributed by atoms with Crippen molar-refractivity contribution in [3.8, 4) is 0 Å². The molecule has 7 heteroatoms. The van der Waals surface area contributed by atoms with Gasteiger partial charge in [-0.05, 0) is 23.6 Å². The number of hydrogen-bond acceptors (Lipinski definition) is 7. The normalized spacial score (nSPS) is 42.3.